The maximum absolute atomic E-state index is 8.99. The Labute approximate surface area is 119 Å². The molecular formula is C17H17N3. The third kappa shape index (κ3) is 2.44. The lowest BCUT2D eigenvalue weighted by Crippen LogP contribution is -1.97. The summed E-state index contributed by atoms with van der Waals surface area (Å²) >= 11 is 0. The number of benzene rings is 1. The smallest absolute Gasteiger partial charge is 0.130 e. The van der Waals surface area contributed by atoms with Gasteiger partial charge in [-0.05, 0) is 25.0 Å². The molecule has 0 N–H and O–H groups in total. The first kappa shape index (κ1) is 13.9. The minimum Gasteiger partial charge on any atom is -0.347 e. The molecule has 2 aromatic rings. The largest absolute Gasteiger partial charge is 0.347 e. The highest BCUT2D eigenvalue weighted by Gasteiger charge is 2.13. The van der Waals surface area contributed by atoms with Crippen molar-refractivity contribution in [1.82, 2.24) is 4.57 Å². The van der Waals surface area contributed by atoms with E-state index in [0.717, 1.165) is 35.7 Å². The predicted molar refractivity (Wildman–Crippen MR) is 80.7 cm³/mol. The van der Waals surface area contributed by atoms with Crippen molar-refractivity contribution in [3.05, 3.63) is 41.1 Å². The van der Waals surface area contributed by atoms with E-state index in [2.05, 4.69) is 17.6 Å². The number of hydrogen-bond acceptors (Lipinski definition) is 2. The lowest BCUT2D eigenvalue weighted by atomic mass is 10.0. The summed E-state index contributed by atoms with van der Waals surface area (Å²) in [5.41, 5.74) is 3.49. The molecule has 0 saturated heterocycles. The minimum atomic E-state index is 0.152. The Bertz CT molecular complexity index is 720. The van der Waals surface area contributed by atoms with Crippen molar-refractivity contribution >= 4 is 17.0 Å². The van der Waals surface area contributed by atoms with Gasteiger partial charge in [0.1, 0.15) is 17.7 Å². The number of fused-ring (bicyclic) bond motifs is 1. The Morgan fingerprint density at radius 3 is 2.60 bits per heavy atom. The average Bonchev–Trinajstić information content (AvgIpc) is 2.75. The van der Waals surface area contributed by atoms with E-state index in [9.17, 15) is 0 Å². The van der Waals surface area contributed by atoms with Gasteiger partial charge in [-0.2, -0.15) is 10.5 Å². The number of unbranched alkanes of at least 4 members (excludes halogenated alkanes) is 1. The second kappa shape index (κ2) is 6.08. The normalized spacial score (nSPS) is 10.0. The lowest BCUT2D eigenvalue weighted by Gasteiger charge is -2.05. The van der Waals surface area contributed by atoms with Crippen molar-refractivity contribution in [1.29, 1.82) is 10.5 Å². The fraction of sp³-hybridized carbons (Fsp3) is 0.294. The fourth-order valence-corrected chi connectivity index (χ4v) is 2.52. The van der Waals surface area contributed by atoms with Crippen LogP contribution < -0.4 is 0 Å². The summed E-state index contributed by atoms with van der Waals surface area (Å²) in [6.45, 7) is 2.16. The van der Waals surface area contributed by atoms with Crippen molar-refractivity contribution < 1.29 is 0 Å². The summed E-state index contributed by atoms with van der Waals surface area (Å²) in [4.78, 5) is 0. The molecule has 100 valence electrons. The zero-order valence-corrected chi connectivity index (χ0v) is 11.8. The van der Waals surface area contributed by atoms with Gasteiger partial charge >= 0.3 is 0 Å². The van der Waals surface area contributed by atoms with Gasteiger partial charge in [-0.1, -0.05) is 31.5 Å². The van der Waals surface area contributed by atoms with Crippen LogP contribution in [0.1, 0.15) is 31.0 Å². The molecule has 0 bridgehead atoms. The van der Waals surface area contributed by atoms with Crippen molar-refractivity contribution in [2.24, 2.45) is 7.05 Å². The third-order valence-corrected chi connectivity index (χ3v) is 3.57. The first-order valence-electron chi connectivity index (χ1n) is 6.81. The summed E-state index contributed by atoms with van der Waals surface area (Å²) in [6.07, 6.45) is 4.89. The lowest BCUT2D eigenvalue weighted by molar-refractivity contribution is 0.741. The molecule has 3 heteroatoms. The van der Waals surface area contributed by atoms with Gasteiger partial charge in [0.05, 0.1) is 0 Å². The quantitative estimate of drug-likeness (QED) is 0.784. The molecule has 1 aromatic heterocycles. The van der Waals surface area contributed by atoms with Crippen LogP contribution >= 0.6 is 0 Å². The van der Waals surface area contributed by atoms with E-state index >= 15 is 0 Å². The molecule has 0 spiro atoms. The molecule has 0 atom stereocenters. The van der Waals surface area contributed by atoms with Gasteiger partial charge in [0.25, 0.3) is 0 Å². The first-order chi connectivity index (χ1) is 9.72. The number of rotatable bonds is 4. The standard InChI is InChI=1S/C17H17N3/c1-3-4-8-17-15(10-13(11-18)12-19)14-7-5-6-9-16(14)20(17)2/h5-7,9-10H,3-4,8H2,1-2H3. The Morgan fingerprint density at radius 1 is 1.25 bits per heavy atom. The zero-order valence-electron chi connectivity index (χ0n) is 11.8. The van der Waals surface area contributed by atoms with E-state index in [1.165, 1.54) is 5.69 Å². The summed E-state index contributed by atoms with van der Waals surface area (Å²) < 4.78 is 2.17. The molecule has 0 aliphatic rings. The molecule has 0 aliphatic heterocycles. The number of hydrogen-bond donors (Lipinski definition) is 0. The average molecular weight is 263 g/mol. The number of para-hydroxylation sites is 1. The molecule has 3 nitrogen and oxygen atoms in total. The molecule has 0 fully saturated rings. The highest BCUT2D eigenvalue weighted by molar-refractivity contribution is 5.92. The van der Waals surface area contributed by atoms with Gasteiger partial charge in [0.15, 0.2) is 0 Å². The number of aryl methyl sites for hydroxylation is 1. The molecule has 0 saturated carbocycles. The topological polar surface area (TPSA) is 52.5 Å². The molecule has 0 aliphatic carbocycles. The van der Waals surface area contributed by atoms with Crippen LogP contribution in [0.25, 0.3) is 17.0 Å². The van der Waals surface area contributed by atoms with E-state index in [4.69, 9.17) is 10.5 Å². The molecule has 20 heavy (non-hydrogen) atoms. The molecule has 0 radical (unpaired) electrons. The van der Waals surface area contributed by atoms with Gasteiger partial charge < -0.3 is 4.57 Å². The van der Waals surface area contributed by atoms with E-state index in [1.807, 2.05) is 37.4 Å². The van der Waals surface area contributed by atoms with Crippen LogP contribution in [0, 0.1) is 22.7 Å². The number of nitrogens with zero attached hydrogens (tertiary/aromatic N) is 3. The van der Waals surface area contributed by atoms with E-state index < -0.39 is 0 Å². The Hall–Kier alpha value is -2.52. The molecular weight excluding hydrogens is 246 g/mol. The summed E-state index contributed by atoms with van der Waals surface area (Å²) in [5, 5.41) is 19.1. The monoisotopic (exact) mass is 263 g/mol. The van der Waals surface area contributed by atoms with Crippen molar-refractivity contribution in [3.8, 4) is 12.1 Å². The van der Waals surface area contributed by atoms with Gasteiger partial charge in [-0.15, -0.1) is 0 Å². The molecule has 0 amide bonds. The highest BCUT2D eigenvalue weighted by atomic mass is 14.9. The van der Waals surface area contributed by atoms with E-state index in [0.29, 0.717) is 0 Å². The van der Waals surface area contributed by atoms with Crippen molar-refractivity contribution in [2.75, 3.05) is 0 Å². The Morgan fingerprint density at radius 2 is 1.95 bits per heavy atom. The molecule has 1 aromatic carbocycles. The van der Waals surface area contributed by atoms with Gasteiger partial charge in [-0.25, -0.2) is 0 Å². The predicted octanol–water partition coefficient (Wildman–Crippen LogP) is 3.95. The van der Waals surface area contributed by atoms with Crippen LogP contribution in [-0.2, 0) is 13.5 Å². The minimum absolute atomic E-state index is 0.152. The SMILES string of the molecule is CCCCc1c(C=C(C#N)C#N)c2ccccc2n1C. The van der Waals surface area contributed by atoms with Crippen LogP contribution in [0.15, 0.2) is 29.8 Å². The highest BCUT2D eigenvalue weighted by Crippen LogP contribution is 2.28. The number of nitriles is 2. The van der Waals surface area contributed by atoms with Crippen LogP contribution in [0.5, 0.6) is 0 Å². The van der Waals surface area contributed by atoms with Crippen LogP contribution in [0.3, 0.4) is 0 Å². The maximum atomic E-state index is 8.99. The van der Waals surface area contributed by atoms with Crippen molar-refractivity contribution in [2.45, 2.75) is 26.2 Å². The third-order valence-electron chi connectivity index (χ3n) is 3.57. The first-order valence-corrected chi connectivity index (χ1v) is 6.81. The van der Waals surface area contributed by atoms with Crippen molar-refractivity contribution in [3.63, 3.8) is 0 Å². The second-order valence-corrected chi connectivity index (χ2v) is 4.82. The van der Waals surface area contributed by atoms with Gasteiger partial charge in [-0.3, -0.25) is 0 Å². The summed E-state index contributed by atoms with van der Waals surface area (Å²) in [7, 11) is 2.04. The second-order valence-electron chi connectivity index (χ2n) is 4.82. The van der Waals surface area contributed by atoms with Crippen LogP contribution in [0.2, 0.25) is 0 Å². The Kier molecular flexibility index (Phi) is 4.23. The number of allylic oxidation sites excluding steroid dienone is 1. The van der Waals surface area contributed by atoms with Gasteiger partial charge in [0.2, 0.25) is 0 Å². The summed E-state index contributed by atoms with van der Waals surface area (Å²) in [6, 6.07) is 12.0. The summed E-state index contributed by atoms with van der Waals surface area (Å²) in [5.74, 6) is 0. The van der Waals surface area contributed by atoms with E-state index in [-0.39, 0.29) is 5.57 Å². The van der Waals surface area contributed by atoms with Gasteiger partial charge in [0, 0.05) is 29.2 Å². The molecule has 0 unspecified atom stereocenters. The maximum Gasteiger partial charge on any atom is 0.130 e. The fourth-order valence-electron chi connectivity index (χ4n) is 2.52. The number of aromatic nitrogens is 1. The van der Waals surface area contributed by atoms with E-state index in [1.54, 1.807) is 6.08 Å². The molecule has 2 rings (SSSR count). The zero-order chi connectivity index (χ0) is 14.5. The Balaban J connectivity index is 2.70. The molecule has 1 heterocycles. The van der Waals surface area contributed by atoms with Crippen LogP contribution in [-0.4, -0.2) is 4.57 Å². The van der Waals surface area contributed by atoms with Crippen LogP contribution in [0.4, 0.5) is 0 Å².